The van der Waals surface area contributed by atoms with Gasteiger partial charge in [0.15, 0.2) is 5.76 Å². The molecule has 11 heteroatoms. The number of benzene rings is 1. The number of carbonyl (C=O) groups is 3. The average Bonchev–Trinajstić information content (AvgIpc) is 3.68. The predicted molar refractivity (Wildman–Crippen MR) is 157 cm³/mol. The van der Waals surface area contributed by atoms with Crippen molar-refractivity contribution in [2.75, 3.05) is 26.2 Å². The van der Waals surface area contributed by atoms with Crippen LogP contribution in [0, 0.1) is 5.41 Å². The van der Waals surface area contributed by atoms with E-state index in [2.05, 4.69) is 5.32 Å². The number of fused-ring (bicyclic) bond motifs is 1. The zero-order chi connectivity index (χ0) is 28.4. The molecule has 1 fully saturated rings. The van der Waals surface area contributed by atoms with Gasteiger partial charge in [-0.15, -0.1) is 22.7 Å². The quantitative estimate of drug-likeness (QED) is 0.258. The Hall–Kier alpha value is -3.70. The molecule has 1 saturated heterocycles. The van der Waals surface area contributed by atoms with Crippen LogP contribution in [0.15, 0.2) is 51.6 Å². The molecular formula is C29H32N4O5S2. The largest absolute Gasteiger partial charge is 0.465 e. The van der Waals surface area contributed by atoms with Crippen molar-refractivity contribution in [3.63, 3.8) is 0 Å². The molecule has 0 saturated carbocycles. The van der Waals surface area contributed by atoms with E-state index in [1.54, 1.807) is 4.90 Å². The maximum Gasteiger partial charge on any atom is 0.407 e. The number of para-hydroxylation sites is 1. The Morgan fingerprint density at radius 3 is 2.70 bits per heavy atom. The van der Waals surface area contributed by atoms with Gasteiger partial charge in [-0.25, -0.2) is 9.78 Å². The monoisotopic (exact) mass is 580 g/mol. The molecule has 1 aliphatic rings. The highest BCUT2D eigenvalue weighted by Crippen LogP contribution is 2.35. The van der Waals surface area contributed by atoms with Gasteiger partial charge in [0, 0.05) is 48.9 Å². The summed E-state index contributed by atoms with van der Waals surface area (Å²) in [6.07, 6.45) is -0.168. The number of aromatic nitrogens is 1. The van der Waals surface area contributed by atoms with Crippen molar-refractivity contribution in [1.29, 1.82) is 0 Å². The van der Waals surface area contributed by atoms with Crippen molar-refractivity contribution in [2.24, 2.45) is 5.41 Å². The number of carboxylic acid groups (broad SMARTS) is 1. The topological polar surface area (TPSA) is 116 Å². The van der Waals surface area contributed by atoms with Gasteiger partial charge < -0.3 is 24.6 Å². The van der Waals surface area contributed by atoms with Gasteiger partial charge in [-0.05, 0) is 35.4 Å². The summed E-state index contributed by atoms with van der Waals surface area (Å²) in [5, 5.41) is 18.0. The van der Waals surface area contributed by atoms with E-state index in [0.29, 0.717) is 43.2 Å². The van der Waals surface area contributed by atoms with Gasteiger partial charge in [-0.3, -0.25) is 9.59 Å². The van der Waals surface area contributed by atoms with E-state index in [9.17, 15) is 19.5 Å². The summed E-state index contributed by atoms with van der Waals surface area (Å²) >= 11 is 2.82. The van der Waals surface area contributed by atoms with Crippen LogP contribution < -0.4 is 5.32 Å². The summed E-state index contributed by atoms with van der Waals surface area (Å²) < 4.78 is 5.94. The Bertz CT molecular complexity index is 1500. The molecule has 0 spiro atoms. The molecule has 0 aliphatic carbocycles. The van der Waals surface area contributed by atoms with Crippen molar-refractivity contribution in [2.45, 2.75) is 39.7 Å². The first-order chi connectivity index (χ1) is 19.1. The van der Waals surface area contributed by atoms with Crippen molar-refractivity contribution in [3.05, 3.63) is 52.0 Å². The van der Waals surface area contributed by atoms with Crippen LogP contribution >= 0.6 is 22.7 Å². The Morgan fingerprint density at radius 2 is 1.95 bits per heavy atom. The minimum Gasteiger partial charge on any atom is -0.465 e. The molecule has 40 heavy (non-hydrogen) atoms. The fourth-order valence-electron chi connectivity index (χ4n) is 4.93. The van der Waals surface area contributed by atoms with Crippen LogP contribution in [0.3, 0.4) is 0 Å². The Balaban J connectivity index is 1.15. The van der Waals surface area contributed by atoms with Crippen LogP contribution in [0.25, 0.3) is 33.0 Å². The number of hydrogen-bond acceptors (Lipinski definition) is 7. The summed E-state index contributed by atoms with van der Waals surface area (Å²) in [5.74, 6) is 0.472. The number of nitrogens with zero attached hydrogens (tertiary/aromatic N) is 3. The van der Waals surface area contributed by atoms with Crippen LogP contribution in [0.1, 0.15) is 43.3 Å². The molecule has 1 aliphatic heterocycles. The highest BCUT2D eigenvalue weighted by Gasteiger charge is 2.39. The summed E-state index contributed by atoms with van der Waals surface area (Å²) in [7, 11) is 0. The smallest absolute Gasteiger partial charge is 0.407 e. The zero-order valence-electron chi connectivity index (χ0n) is 22.7. The molecule has 0 radical (unpaired) electrons. The number of carbonyl (C=O) groups excluding carboxylic acids is 2. The lowest BCUT2D eigenvalue weighted by Crippen LogP contribution is -2.60. The number of thiophene rings is 1. The standard InChI is InChI=1S/C29H32N4O5S2/c1-29(2,3)23-16-32(12-13-33(23)28(36)37)24(34)9-6-11-30-26(35)25-19(10-14-39-25)27-31-20(17-40-27)22-15-18-7-4-5-8-21(18)38-22/h4-5,7-8,10,14-15,17,23H,6,9,11-13,16H2,1-3H3,(H,30,35)(H,36,37). The number of thiazole rings is 1. The molecule has 3 aromatic heterocycles. The van der Waals surface area contributed by atoms with Crippen molar-refractivity contribution in [3.8, 4) is 22.0 Å². The van der Waals surface area contributed by atoms with Crippen LogP contribution in [-0.2, 0) is 4.79 Å². The molecule has 1 unspecified atom stereocenters. The van der Waals surface area contributed by atoms with Crippen molar-refractivity contribution < 1.29 is 23.9 Å². The highest BCUT2D eigenvalue weighted by molar-refractivity contribution is 7.15. The normalized spacial score (nSPS) is 15.9. The second-order valence-electron chi connectivity index (χ2n) is 10.9. The Labute approximate surface area is 240 Å². The van der Waals surface area contributed by atoms with E-state index in [4.69, 9.17) is 9.40 Å². The fraction of sp³-hybridized carbons (Fsp3) is 0.379. The predicted octanol–water partition coefficient (Wildman–Crippen LogP) is 6.03. The minimum absolute atomic E-state index is 0.0220. The van der Waals surface area contributed by atoms with E-state index in [-0.39, 0.29) is 29.7 Å². The van der Waals surface area contributed by atoms with Crippen molar-refractivity contribution >= 4 is 51.6 Å². The Morgan fingerprint density at radius 1 is 1.15 bits per heavy atom. The number of piperazine rings is 1. The highest BCUT2D eigenvalue weighted by atomic mass is 32.1. The fourth-order valence-corrected chi connectivity index (χ4v) is 6.65. The second-order valence-corrected chi connectivity index (χ2v) is 12.7. The lowest BCUT2D eigenvalue weighted by Gasteiger charge is -2.46. The first-order valence-electron chi connectivity index (χ1n) is 13.2. The van der Waals surface area contributed by atoms with E-state index in [1.165, 1.54) is 27.6 Å². The third kappa shape index (κ3) is 5.90. The molecule has 210 valence electrons. The first-order valence-corrected chi connectivity index (χ1v) is 15.0. The average molecular weight is 581 g/mol. The molecule has 1 aromatic carbocycles. The number of hydrogen-bond donors (Lipinski definition) is 2. The van der Waals surface area contributed by atoms with Crippen LogP contribution in [0.5, 0.6) is 0 Å². The maximum absolute atomic E-state index is 13.0. The molecule has 9 nitrogen and oxygen atoms in total. The molecule has 4 aromatic rings. The summed E-state index contributed by atoms with van der Waals surface area (Å²) in [5.41, 5.74) is 2.02. The van der Waals surface area contributed by atoms with E-state index >= 15 is 0 Å². The van der Waals surface area contributed by atoms with Gasteiger partial charge in [0.1, 0.15) is 21.2 Å². The van der Waals surface area contributed by atoms with E-state index in [0.717, 1.165) is 27.2 Å². The third-order valence-corrected chi connectivity index (χ3v) is 8.90. The molecule has 3 amide bonds. The van der Waals surface area contributed by atoms with Gasteiger partial charge in [-0.2, -0.15) is 0 Å². The number of nitrogens with one attached hydrogen (secondary N) is 1. The lowest BCUT2D eigenvalue weighted by atomic mass is 9.84. The number of rotatable bonds is 7. The minimum atomic E-state index is -0.953. The summed E-state index contributed by atoms with van der Waals surface area (Å²) in [6, 6.07) is 11.4. The second kappa shape index (κ2) is 11.4. The molecule has 5 rings (SSSR count). The van der Waals surface area contributed by atoms with Gasteiger partial charge in [0.2, 0.25) is 5.91 Å². The lowest BCUT2D eigenvalue weighted by molar-refractivity contribution is -0.135. The third-order valence-electron chi connectivity index (χ3n) is 7.12. The zero-order valence-corrected chi connectivity index (χ0v) is 24.3. The maximum atomic E-state index is 13.0. The molecular weight excluding hydrogens is 548 g/mol. The van der Waals surface area contributed by atoms with Gasteiger partial charge >= 0.3 is 6.09 Å². The van der Waals surface area contributed by atoms with E-state index in [1.807, 2.05) is 67.9 Å². The van der Waals surface area contributed by atoms with Gasteiger partial charge in [0.05, 0.1) is 6.04 Å². The summed E-state index contributed by atoms with van der Waals surface area (Å²) in [4.78, 5) is 46.0. The SMILES string of the molecule is CC(C)(C)C1CN(C(=O)CCCNC(=O)c2sccc2-c2nc(-c3cc4ccccc4o3)cs2)CCN1C(=O)O. The van der Waals surface area contributed by atoms with Crippen molar-refractivity contribution in [1.82, 2.24) is 20.1 Å². The molecule has 2 N–H and O–H groups in total. The molecule has 4 heterocycles. The number of furan rings is 1. The summed E-state index contributed by atoms with van der Waals surface area (Å²) in [6.45, 7) is 7.39. The van der Waals surface area contributed by atoms with Crippen LogP contribution in [0.4, 0.5) is 4.79 Å². The van der Waals surface area contributed by atoms with Crippen LogP contribution in [-0.4, -0.2) is 70.0 Å². The molecule has 0 bridgehead atoms. The van der Waals surface area contributed by atoms with Gasteiger partial charge in [-0.1, -0.05) is 39.0 Å². The van der Waals surface area contributed by atoms with Gasteiger partial charge in [0.25, 0.3) is 5.91 Å². The number of amides is 3. The Kier molecular flexibility index (Phi) is 7.95. The molecule has 1 atom stereocenters. The first kappa shape index (κ1) is 27.9. The van der Waals surface area contributed by atoms with E-state index < -0.39 is 6.09 Å². The van der Waals surface area contributed by atoms with Crippen LogP contribution in [0.2, 0.25) is 0 Å².